The second kappa shape index (κ2) is 6.81. The summed E-state index contributed by atoms with van der Waals surface area (Å²) < 4.78 is 11.7. The third-order valence-electron chi connectivity index (χ3n) is 4.63. The summed E-state index contributed by atoms with van der Waals surface area (Å²) >= 11 is 0. The van der Waals surface area contributed by atoms with Crippen LogP contribution in [0.25, 0.3) is 0 Å². The predicted octanol–water partition coefficient (Wildman–Crippen LogP) is 2.97. The Kier molecular flexibility index (Phi) is 4.78. The molecule has 23 heavy (non-hydrogen) atoms. The monoisotopic (exact) mass is 315 g/mol. The molecule has 0 radical (unpaired) electrons. The summed E-state index contributed by atoms with van der Waals surface area (Å²) in [7, 11) is 0. The van der Waals surface area contributed by atoms with Gasteiger partial charge >= 0.3 is 0 Å². The third kappa shape index (κ3) is 3.98. The number of hydrogen-bond donors (Lipinski definition) is 0. The van der Waals surface area contributed by atoms with Gasteiger partial charge in [0.25, 0.3) is 0 Å². The Morgan fingerprint density at radius 2 is 2.00 bits per heavy atom. The highest BCUT2D eigenvalue weighted by atomic mass is 16.5. The number of aryl methyl sites for hydroxylation is 1. The molecule has 5 nitrogen and oxygen atoms in total. The van der Waals surface area contributed by atoms with E-state index in [2.05, 4.69) is 48.0 Å². The van der Waals surface area contributed by atoms with Gasteiger partial charge in [0.1, 0.15) is 0 Å². The van der Waals surface area contributed by atoms with E-state index in [4.69, 9.17) is 9.15 Å². The summed E-state index contributed by atoms with van der Waals surface area (Å²) in [6.07, 6.45) is 1.70. The van der Waals surface area contributed by atoms with Crippen LogP contribution in [0.2, 0.25) is 0 Å². The summed E-state index contributed by atoms with van der Waals surface area (Å²) in [6.45, 7) is 9.69. The van der Waals surface area contributed by atoms with Crippen LogP contribution < -0.4 is 0 Å². The second-order valence-corrected chi connectivity index (χ2v) is 6.56. The van der Waals surface area contributed by atoms with Gasteiger partial charge in [-0.05, 0) is 31.4 Å². The number of hydrogen-bond acceptors (Lipinski definition) is 5. The fourth-order valence-corrected chi connectivity index (χ4v) is 2.95. The molecule has 1 fully saturated rings. The van der Waals surface area contributed by atoms with Gasteiger partial charge in [0.15, 0.2) is 0 Å². The lowest BCUT2D eigenvalue weighted by atomic mass is 10.0. The first-order chi connectivity index (χ1) is 11.1. The predicted molar refractivity (Wildman–Crippen MR) is 88.2 cm³/mol. The van der Waals surface area contributed by atoms with Crippen molar-refractivity contribution in [1.82, 2.24) is 15.1 Å². The summed E-state index contributed by atoms with van der Waals surface area (Å²) in [5.74, 6) is 1.37. The maximum Gasteiger partial charge on any atom is 0.230 e. The smallest absolute Gasteiger partial charge is 0.230 e. The van der Waals surface area contributed by atoms with Crippen LogP contribution in [0.3, 0.4) is 0 Å². The van der Waals surface area contributed by atoms with Crippen molar-refractivity contribution in [3.05, 3.63) is 47.2 Å². The number of rotatable bonds is 5. The van der Waals surface area contributed by atoms with Gasteiger partial charge in [-0.3, -0.25) is 4.90 Å². The highest BCUT2D eigenvalue weighted by Gasteiger charge is 2.30. The molecule has 1 aromatic carbocycles. The van der Waals surface area contributed by atoms with Gasteiger partial charge in [0.2, 0.25) is 11.8 Å². The topological polar surface area (TPSA) is 51.4 Å². The van der Waals surface area contributed by atoms with Crippen molar-refractivity contribution < 1.29 is 9.15 Å². The lowest BCUT2D eigenvalue weighted by Gasteiger charge is -2.39. The largest absolute Gasteiger partial charge is 0.424 e. The van der Waals surface area contributed by atoms with Gasteiger partial charge in [0, 0.05) is 13.1 Å². The van der Waals surface area contributed by atoms with Gasteiger partial charge in [-0.15, -0.1) is 10.2 Å². The molecule has 3 rings (SSSR count). The lowest BCUT2D eigenvalue weighted by Crippen LogP contribution is -2.49. The molecule has 0 bridgehead atoms. The summed E-state index contributed by atoms with van der Waals surface area (Å²) in [5, 5.41) is 8.41. The van der Waals surface area contributed by atoms with Crippen molar-refractivity contribution in [3.63, 3.8) is 0 Å². The van der Waals surface area contributed by atoms with E-state index >= 15 is 0 Å². The molecule has 0 spiro atoms. The Morgan fingerprint density at radius 1 is 1.22 bits per heavy atom. The Hall–Kier alpha value is -1.72. The second-order valence-electron chi connectivity index (χ2n) is 6.56. The Balaban J connectivity index is 1.62. The fourth-order valence-electron chi connectivity index (χ4n) is 2.95. The summed E-state index contributed by atoms with van der Waals surface area (Å²) in [5.41, 5.74) is 2.41. The minimum absolute atomic E-state index is 0.0672. The third-order valence-corrected chi connectivity index (χ3v) is 4.63. The zero-order valence-electron chi connectivity index (χ0n) is 14.2. The number of aromatic nitrogens is 2. The molecule has 0 saturated carbocycles. The zero-order valence-corrected chi connectivity index (χ0v) is 14.2. The van der Waals surface area contributed by atoms with E-state index in [1.807, 2.05) is 12.1 Å². The minimum atomic E-state index is -0.0672. The maximum absolute atomic E-state index is 5.87. The van der Waals surface area contributed by atoms with E-state index in [-0.39, 0.29) is 5.60 Å². The van der Waals surface area contributed by atoms with E-state index in [9.17, 15) is 0 Å². The standard InChI is InChI=1S/C18H25N3O2/c1-4-18(3)13-21(9-10-22-18)12-17-20-19-16(23-17)11-15-8-6-5-7-14(15)2/h5-8H,4,9-13H2,1-3H3/t18-/m1/s1. The van der Waals surface area contributed by atoms with Gasteiger partial charge in [-0.2, -0.15) is 0 Å². The first-order valence-electron chi connectivity index (χ1n) is 8.30. The molecule has 1 aromatic heterocycles. The van der Waals surface area contributed by atoms with Crippen molar-refractivity contribution in [2.45, 2.75) is 45.8 Å². The van der Waals surface area contributed by atoms with Crippen LogP contribution in [-0.2, 0) is 17.7 Å². The van der Waals surface area contributed by atoms with Gasteiger partial charge < -0.3 is 9.15 Å². The van der Waals surface area contributed by atoms with E-state index in [0.29, 0.717) is 24.7 Å². The molecule has 2 heterocycles. The van der Waals surface area contributed by atoms with E-state index < -0.39 is 0 Å². The molecular formula is C18H25N3O2. The molecule has 124 valence electrons. The van der Waals surface area contributed by atoms with Gasteiger partial charge in [-0.25, -0.2) is 0 Å². The van der Waals surface area contributed by atoms with Crippen LogP contribution in [0.15, 0.2) is 28.7 Å². The van der Waals surface area contributed by atoms with Crippen LogP contribution in [0, 0.1) is 6.92 Å². The highest BCUT2D eigenvalue weighted by Crippen LogP contribution is 2.22. The molecule has 0 N–H and O–H groups in total. The number of morpholine rings is 1. The molecule has 5 heteroatoms. The molecule has 0 unspecified atom stereocenters. The zero-order chi connectivity index (χ0) is 16.3. The number of ether oxygens (including phenoxy) is 1. The lowest BCUT2D eigenvalue weighted by molar-refractivity contribution is -0.103. The SMILES string of the molecule is CC[C@]1(C)CN(Cc2nnc(Cc3ccccc3C)o2)CCO1. The van der Waals surface area contributed by atoms with Crippen LogP contribution in [0.5, 0.6) is 0 Å². The molecule has 1 aliphatic heterocycles. The van der Waals surface area contributed by atoms with Crippen molar-refractivity contribution in [3.8, 4) is 0 Å². The van der Waals surface area contributed by atoms with Crippen LogP contribution in [0.1, 0.15) is 43.2 Å². The molecule has 1 aliphatic rings. The molecule has 1 saturated heterocycles. The number of benzene rings is 1. The van der Waals surface area contributed by atoms with Crippen molar-refractivity contribution >= 4 is 0 Å². The van der Waals surface area contributed by atoms with Crippen LogP contribution >= 0.6 is 0 Å². The summed E-state index contributed by atoms with van der Waals surface area (Å²) in [6, 6.07) is 8.29. The van der Waals surface area contributed by atoms with Gasteiger partial charge in [0.05, 0.1) is 25.2 Å². The first kappa shape index (κ1) is 16.1. The Morgan fingerprint density at radius 3 is 2.78 bits per heavy atom. The molecule has 0 aliphatic carbocycles. The maximum atomic E-state index is 5.87. The Bertz CT molecular complexity index is 655. The Labute approximate surface area is 137 Å². The van der Waals surface area contributed by atoms with E-state index in [1.165, 1.54) is 11.1 Å². The number of nitrogens with zero attached hydrogens (tertiary/aromatic N) is 3. The van der Waals surface area contributed by atoms with E-state index in [0.717, 1.165) is 26.1 Å². The average molecular weight is 315 g/mol. The minimum Gasteiger partial charge on any atom is -0.424 e. The van der Waals surface area contributed by atoms with Gasteiger partial charge in [-0.1, -0.05) is 31.2 Å². The molecule has 2 aromatic rings. The van der Waals surface area contributed by atoms with Crippen molar-refractivity contribution in [1.29, 1.82) is 0 Å². The first-order valence-corrected chi connectivity index (χ1v) is 8.30. The molecule has 1 atom stereocenters. The quantitative estimate of drug-likeness (QED) is 0.849. The van der Waals surface area contributed by atoms with Crippen LogP contribution in [0.4, 0.5) is 0 Å². The van der Waals surface area contributed by atoms with Crippen LogP contribution in [-0.4, -0.2) is 40.4 Å². The fraction of sp³-hybridized carbons (Fsp3) is 0.556. The molecule has 0 amide bonds. The summed E-state index contributed by atoms with van der Waals surface area (Å²) in [4.78, 5) is 2.33. The highest BCUT2D eigenvalue weighted by molar-refractivity contribution is 5.27. The average Bonchev–Trinajstić information content (AvgIpc) is 2.97. The van der Waals surface area contributed by atoms with Crippen molar-refractivity contribution in [2.75, 3.05) is 19.7 Å². The normalized spacial score (nSPS) is 22.4. The van der Waals surface area contributed by atoms with Crippen molar-refractivity contribution in [2.24, 2.45) is 0 Å². The van der Waals surface area contributed by atoms with E-state index in [1.54, 1.807) is 0 Å². The molecular weight excluding hydrogens is 290 g/mol.